The Morgan fingerprint density at radius 2 is 2.24 bits per heavy atom. The van der Waals surface area contributed by atoms with Crippen molar-refractivity contribution in [3.8, 4) is 0 Å². The molecule has 2 aromatic rings. The molecular formula is C15H19N5O. The average Bonchev–Trinajstić information content (AvgIpc) is 3.06. The van der Waals surface area contributed by atoms with Crippen LogP contribution in [0.2, 0.25) is 0 Å². The van der Waals surface area contributed by atoms with Gasteiger partial charge >= 0.3 is 6.03 Å². The molecule has 1 aromatic heterocycles. The van der Waals surface area contributed by atoms with Gasteiger partial charge in [0.15, 0.2) is 5.82 Å². The zero-order chi connectivity index (χ0) is 14.8. The number of fused-ring (bicyclic) bond motifs is 1. The van der Waals surface area contributed by atoms with E-state index in [4.69, 9.17) is 0 Å². The van der Waals surface area contributed by atoms with Crippen molar-refractivity contribution in [2.24, 2.45) is 7.05 Å². The highest BCUT2D eigenvalue weighted by Crippen LogP contribution is 2.30. The van der Waals surface area contributed by atoms with Gasteiger partial charge in [-0.2, -0.15) is 0 Å². The average molecular weight is 285 g/mol. The van der Waals surface area contributed by atoms with Gasteiger partial charge in [-0.05, 0) is 30.9 Å². The van der Waals surface area contributed by atoms with E-state index in [0.29, 0.717) is 0 Å². The quantitative estimate of drug-likeness (QED) is 0.904. The summed E-state index contributed by atoms with van der Waals surface area (Å²) in [4.78, 5) is 12.1. The molecule has 0 fully saturated rings. The molecule has 21 heavy (non-hydrogen) atoms. The molecular weight excluding hydrogens is 266 g/mol. The standard InChI is InChI=1S/C15H19N5O/c1-10(14-19-16-9-20(14)2)17-15(21)18-13-8-7-11-5-3-4-6-12(11)13/h3-6,9-10,13H,7-8H2,1-2H3,(H2,17,18,21). The number of carbonyl (C=O) groups is 1. The normalized spacial score (nSPS) is 18.1. The molecule has 6 nitrogen and oxygen atoms in total. The van der Waals surface area contributed by atoms with Crippen LogP contribution in [-0.2, 0) is 13.5 Å². The Hall–Kier alpha value is -2.37. The van der Waals surface area contributed by atoms with Gasteiger partial charge in [0, 0.05) is 7.05 Å². The van der Waals surface area contributed by atoms with E-state index in [1.165, 1.54) is 11.1 Å². The van der Waals surface area contributed by atoms with Gasteiger partial charge in [-0.3, -0.25) is 0 Å². The number of urea groups is 1. The third kappa shape index (κ3) is 2.74. The Morgan fingerprint density at radius 3 is 3.00 bits per heavy atom. The van der Waals surface area contributed by atoms with Gasteiger partial charge in [0.2, 0.25) is 0 Å². The van der Waals surface area contributed by atoms with Crippen molar-refractivity contribution in [3.05, 3.63) is 47.5 Å². The van der Waals surface area contributed by atoms with Crippen molar-refractivity contribution in [1.29, 1.82) is 0 Å². The number of rotatable bonds is 3. The number of aromatic nitrogens is 3. The molecule has 0 saturated heterocycles. The van der Waals surface area contributed by atoms with Crippen LogP contribution >= 0.6 is 0 Å². The van der Waals surface area contributed by atoms with E-state index in [0.717, 1.165) is 18.7 Å². The fourth-order valence-corrected chi connectivity index (χ4v) is 2.85. The molecule has 0 aliphatic heterocycles. The monoisotopic (exact) mass is 285 g/mol. The van der Waals surface area contributed by atoms with Gasteiger partial charge in [0.05, 0.1) is 12.1 Å². The van der Waals surface area contributed by atoms with Gasteiger partial charge in [-0.15, -0.1) is 10.2 Å². The van der Waals surface area contributed by atoms with Crippen LogP contribution in [0.1, 0.15) is 42.4 Å². The lowest BCUT2D eigenvalue weighted by molar-refractivity contribution is 0.233. The van der Waals surface area contributed by atoms with Gasteiger partial charge in [0.1, 0.15) is 6.33 Å². The van der Waals surface area contributed by atoms with Crippen molar-refractivity contribution in [3.63, 3.8) is 0 Å². The highest BCUT2D eigenvalue weighted by molar-refractivity contribution is 5.75. The molecule has 2 N–H and O–H groups in total. The summed E-state index contributed by atoms with van der Waals surface area (Å²) < 4.78 is 1.80. The third-order valence-electron chi connectivity index (χ3n) is 3.92. The van der Waals surface area contributed by atoms with Crippen LogP contribution in [0, 0.1) is 0 Å². The SMILES string of the molecule is CC(NC(=O)NC1CCc2ccccc21)c1nncn1C. The molecule has 110 valence electrons. The Morgan fingerprint density at radius 1 is 1.43 bits per heavy atom. The van der Waals surface area contributed by atoms with E-state index in [1.807, 2.05) is 26.1 Å². The van der Waals surface area contributed by atoms with Gasteiger partial charge in [-0.1, -0.05) is 24.3 Å². The van der Waals surface area contributed by atoms with Crippen molar-refractivity contribution < 1.29 is 4.79 Å². The number of nitrogens with one attached hydrogen (secondary N) is 2. The lowest BCUT2D eigenvalue weighted by atomic mass is 10.1. The Bertz CT molecular complexity index is 651. The van der Waals surface area contributed by atoms with Gasteiger partial charge in [-0.25, -0.2) is 4.79 Å². The fourth-order valence-electron chi connectivity index (χ4n) is 2.85. The molecule has 1 aliphatic carbocycles. The maximum absolute atomic E-state index is 12.1. The Kier molecular flexibility index (Phi) is 3.60. The van der Waals surface area contributed by atoms with E-state index < -0.39 is 0 Å². The second-order valence-electron chi connectivity index (χ2n) is 5.43. The van der Waals surface area contributed by atoms with Crippen LogP contribution in [0.15, 0.2) is 30.6 Å². The van der Waals surface area contributed by atoms with Gasteiger partial charge < -0.3 is 15.2 Å². The molecule has 0 saturated carbocycles. The molecule has 1 aliphatic rings. The first kappa shape index (κ1) is 13.6. The summed E-state index contributed by atoms with van der Waals surface area (Å²) in [6.07, 6.45) is 3.59. The predicted octanol–water partition coefficient (Wildman–Crippen LogP) is 1.86. The predicted molar refractivity (Wildman–Crippen MR) is 78.6 cm³/mol. The van der Waals surface area contributed by atoms with E-state index in [9.17, 15) is 4.79 Å². The van der Waals surface area contributed by atoms with E-state index >= 15 is 0 Å². The number of aryl methyl sites for hydroxylation is 2. The Balaban J connectivity index is 1.62. The number of benzene rings is 1. The number of nitrogens with zero attached hydrogens (tertiary/aromatic N) is 3. The molecule has 1 aromatic carbocycles. The highest BCUT2D eigenvalue weighted by Gasteiger charge is 2.24. The summed E-state index contributed by atoms with van der Waals surface area (Å²) in [5, 5.41) is 13.8. The first-order valence-electron chi connectivity index (χ1n) is 7.14. The molecule has 0 spiro atoms. The minimum atomic E-state index is -0.186. The molecule has 6 heteroatoms. The van der Waals surface area contributed by atoms with Crippen molar-refractivity contribution in [2.75, 3.05) is 0 Å². The number of hydrogen-bond acceptors (Lipinski definition) is 3. The first-order valence-corrected chi connectivity index (χ1v) is 7.14. The molecule has 1 heterocycles. The fraction of sp³-hybridized carbons (Fsp3) is 0.400. The zero-order valence-corrected chi connectivity index (χ0v) is 12.2. The summed E-state index contributed by atoms with van der Waals surface area (Å²) in [5.74, 6) is 0.733. The second kappa shape index (κ2) is 5.55. The van der Waals surface area contributed by atoms with E-state index in [-0.39, 0.29) is 18.1 Å². The largest absolute Gasteiger partial charge is 0.331 e. The Labute approximate surface area is 123 Å². The van der Waals surface area contributed by atoms with Crippen molar-refractivity contribution in [1.82, 2.24) is 25.4 Å². The molecule has 0 bridgehead atoms. The molecule has 0 radical (unpaired) electrons. The van der Waals surface area contributed by atoms with E-state index in [2.05, 4.69) is 33.0 Å². The highest BCUT2D eigenvalue weighted by atomic mass is 16.2. The number of carbonyl (C=O) groups excluding carboxylic acids is 1. The van der Waals surface area contributed by atoms with Crippen LogP contribution in [-0.4, -0.2) is 20.8 Å². The van der Waals surface area contributed by atoms with Crippen LogP contribution in [0.25, 0.3) is 0 Å². The van der Waals surface area contributed by atoms with Crippen molar-refractivity contribution >= 4 is 6.03 Å². The smallest absolute Gasteiger partial charge is 0.315 e. The molecule has 2 unspecified atom stereocenters. The summed E-state index contributed by atoms with van der Waals surface area (Å²) in [7, 11) is 1.86. The van der Waals surface area contributed by atoms with Crippen LogP contribution in [0.3, 0.4) is 0 Å². The number of hydrogen-bond donors (Lipinski definition) is 2. The maximum atomic E-state index is 12.1. The van der Waals surface area contributed by atoms with Crippen LogP contribution in [0.4, 0.5) is 4.79 Å². The van der Waals surface area contributed by atoms with Crippen LogP contribution in [0.5, 0.6) is 0 Å². The minimum absolute atomic E-state index is 0.0906. The molecule has 2 amide bonds. The lowest BCUT2D eigenvalue weighted by Gasteiger charge is -2.18. The van der Waals surface area contributed by atoms with Gasteiger partial charge in [0.25, 0.3) is 0 Å². The lowest BCUT2D eigenvalue weighted by Crippen LogP contribution is -2.39. The summed E-state index contributed by atoms with van der Waals surface area (Å²) in [6, 6.07) is 7.99. The minimum Gasteiger partial charge on any atom is -0.331 e. The van der Waals surface area contributed by atoms with Crippen LogP contribution < -0.4 is 10.6 Å². The summed E-state index contributed by atoms with van der Waals surface area (Å²) in [5.41, 5.74) is 2.54. The third-order valence-corrected chi connectivity index (χ3v) is 3.92. The van der Waals surface area contributed by atoms with E-state index in [1.54, 1.807) is 10.9 Å². The van der Waals surface area contributed by atoms with Crippen molar-refractivity contribution in [2.45, 2.75) is 31.8 Å². The first-order chi connectivity index (χ1) is 10.1. The summed E-state index contributed by atoms with van der Waals surface area (Å²) >= 11 is 0. The zero-order valence-electron chi connectivity index (χ0n) is 12.2. The molecule has 2 atom stereocenters. The second-order valence-corrected chi connectivity index (χ2v) is 5.43. The maximum Gasteiger partial charge on any atom is 0.315 e. The number of amides is 2. The summed E-state index contributed by atoms with van der Waals surface area (Å²) in [6.45, 7) is 1.90. The molecule has 3 rings (SSSR count). The topological polar surface area (TPSA) is 71.8 Å².